The Morgan fingerprint density at radius 1 is 0.381 bits per heavy atom. The zero-order chi connectivity index (χ0) is 75.6. The zero-order valence-electron chi connectivity index (χ0n) is 62.0. The molecule has 0 saturated heterocycles. The molecule has 29 heteroatoms. The molecule has 2 atom stereocenters. The first kappa shape index (κ1) is 92.2. The van der Waals surface area contributed by atoms with Gasteiger partial charge in [0, 0.05) is 124 Å². The summed E-state index contributed by atoms with van der Waals surface area (Å²) >= 11 is 25.7. The topological polar surface area (TPSA) is 247 Å². The maximum absolute atomic E-state index is 13.2. The normalized spacial score (nSPS) is 14.9. The summed E-state index contributed by atoms with van der Waals surface area (Å²) in [7, 11) is -1.30. The van der Waals surface area contributed by atoms with Gasteiger partial charge in [-0.2, -0.15) is 0 Å². The number of Topliss-reactive ketones (excluding diaryl/α,β-unsaturated/α-hetero) is 2. The maximum atomic E-state index is 13.2. The van der Waals surface area contributed by atoms with Crippen molar-refractivity contribution in [3.63, 3.8) is 0 Å². The maximum Gasteiger partial charge on any atom is 0.178 e. The molecule has 2 heterocycles. The number of sulfone groups is 2. The van der Waals surface area contributed by atoms with Gasteiger partial charge in [0.1, 0.15) is 11.6 Å². The standard InChI is InChI=1S/C40H61Cl2NO12S.C36H53Cl2NO9S/c1-43-31-38(37-29-34(41)30-40(42)39(37)32-43)33-6-3-8-36(28-33)56(45,46)27-5-11-49-16-19-52-18-15-48-10-4-7-35(44)9-12-50-17-20-53-23-24-55-26-25-54-22-21-51-14-13-47-2;1-3-11-43-15-19-47-22-18-46-14-10-31(40)8-5-12-44-16-20-48-21-17-45-13-6-23-49(41,42)32-9-4-7-29(24-32)34-27-39(2)28-35-33(34)25-30(37)26-36(35)38/h3,6,8,28-30,38H,4-5,7,9-27,31-32H2,1-2H3;4,7,9,24-26,34H,3,5-6,8,10-23,27-28H2,1-2H3. The van der Waals surface area contributed by atoms with E-state index in [4.69, 9.17) is 117 Å². The molecule has 0 radical (unpaired) electrons. The summed E-state index contributed by atoms with van der Waals surface area (Å²) in [6.07, 6.45) is 4.70. The largest absolute Gasteiger partial charge is 0.382 e. The fourth-order valence-electron chi connectivity index (χ4n) is 11.3. The van der Waals surface area contributed by atoms with Crippen molar-refractivity contribution >= 4 is 77.6 Å². The van der Waals surface area contributed by atoms with Crippen LogP contribution in [-0.2, 0) is 113 Å². The van der Waals surface area contributed by atoms with E-state index < -0.39 is 19.7 Å². The number of carbonyl (C=O) groups is 2. The quantitative estimate of drug-likeness (QED) is 0.0373. The Bertz CT molecular complexity index is 3270. The van der Waals surface area contributed by atoms with Crippen molar-refractivity contribution in [1.29, 1.82) is 0 Å². The van der Waals surface area contributed by atoms with Gasteiger partial charge in [-0.15, -0.1) is 0 Å². The molecule has 2 aliphatic heterocycles. The number of fused-ring (bicyclic) bond motifs is 2. The minimum absolute atomic E-state index is 0.0100. The number of halogens is 4. The lowest BCUT2D eigenvalue weighted by Gasteiger charge is -2.33. The fourth-order valence-corrected chi connectivity index (χ4v) is 15.1. The monoisotopic (exact) mass is 1590 g/mol. The van der Waals surface area contributed by atoms with Crippen LogP contribution in [0.1, 0.15) is 110 Å². The molecular formula is C76H114Cl4N2O21S2. The van der Waals surface area contributed by atoms with Crippen molar-refractivity contribution in [1.82, 2.24) is 9.80 Å². The van der Waals surface area contributed by atoms with E-state index in [2.05, 4.69) is 16.7 Å². The van der Waals surface area contributed by atoms with Crippen molar-refractivity contribution in [3.05, 3.63) is 126 Å². The van der Waals surface area contributed by atoms with Gasteiger partial charge < -0.3 is 80.9 Å². The second-order valence-electron chi connectivity index (χ2n) is 25.2. The van der Waals surface area contributed by atoms with Crippen LogP contribution in [0.4, 0.5) is 0 Å². The molecule has 594 valence electrons. The first-order valence-electron chi connectivity index (χ1n) is 36.5. The summed E-state index contributed by atoms with van der Waals surface area (Å²) in [5.74, 6) is 0.186. The van der Waals surface area contributed by atoms with E-state index in [9.17, 15) is 26.4 Å². The summed E-state index contributed by atoms with van der Waals surface area (Å²) in [6.45, 7) is 18.4. The number of hydrogen-bond donors (Lipinski definition) is 0. The number of rotatable bonds is 61. The Labute approximate surface area is 644 Å². The summed E-state index contributed by atoms with van der Waals surface area (Å²) in [6, 6.07) is 21.7. The highest BCUT2D eigenvalue weighted by Gasteiger charge is 2.30. The molecule has 6 rings (SSSR count). The minimum atomic E-state index is -3.50. The Balaban J connectivity index is 0.000000380. The van der Waals surface area contributed by atoms with E-state index >= 15 is 0 Å². The number of hydrogen-bond acceptors (Lipinski definition) is 23. The van der Waals surface area contributed by atoms with Gasteiger partial charge in [0.25, 0.3) is 0 Å². The average Bonchev–Trinajstić information content (AvgIpc) is 0.780. The number of likely N-dealkylation sites (N-methyl/N-ethyl adjacent to an activating group) is 2. The number of benzene rings is 4. The lowest BCUT2D eigenvalue weighted by molar-refractivity contribution is -0.121. The van der Waals surface area contributed by atoms with Crippen molar-refractivity contribution in [2.75, 3.05) is 237 Å². The van der Waals surface area contributed by atoms with Crippen LogP contribution in [0.2, 0.25) is 20.1 Å². The number of methoxy groups -OCH3 is 1. The molecule has 0 spiro atoms. The van der Waals surface area contributed by atoms with Crippen LogP contribution in [-0.4, -0.2) is 276 Å². The predicted molar refractivity (Wildman–Crippen MR) is 407 cm³/mol. The Morgan fingerprint density at radius 2 is 0.676 bits per heavy atom. The molecule has 4 aromatic carbocycles. The van der Waals surface area contributed by atoms with Gasteiger partial charge >= 0.3 is 0 Å². The van der Waals surface area contributed by atoms with Gasteiger partial charge in [0.2, 0.25) is 0 Å². The van der Waals surface area contributed by atoms with Gasteiger partial charge in [-0.1, -0.05) is 77.6 Å². The number of carbonyl (C=O) groups excluding carboxylic acids is 2. The SMILES string of the molecule is CCCOCCOCCOCCC(=O)CCCOCCOCCOCCCS(=O)(=O)c1cccc(C2CN(C)Cc3c(Cl)cc(Cl)cc32)c1.COCCOCCOCCOCCOCCOCCC(=O)CCCOCCOCCOCCCS(=O)(=O)c1cccc(C2CN(C)Cc3c(Cl)cc(Cl)cc32)c1. The van der Waals surface area contributed by atoms with Gasteiger partial charge in [-0.25, -0.2) is 16.8 Å². The molecule has 0 amide bonds. The second kappa shape index (κ2) is 55.9. The zero-order valence-corrected chi connectivity index (χ0v) is 66.6. The average molecular weight is 1600 g/mol. The van der Waals surface area contributed by atoms with Crippen LogP contribution in [0, 0.1) is 0 Å². The molecule has 2 aliphatic rings. The van der Waals surface area contributed by atoms with Crippen molar-refractivity contribution in [2.45, 2.75) is 99.4 Å². The van der Waals surface area contributed by atoms with E-state index in [1.54, 1.807) is 55.6 Å². The van der Waals surface area contributed by atoms with Gasteiger partial charge in [-0.05, 0) is 128 Å². The fraction of sp³-hybridized carbons (Fsp3) is 0.658. The van der Waals surface area contributed by atoms with Crippen molar-refractivity contribution in [3.8, 4) is 0 Å². The smallest absolute Gasteiger partial charge is 0.178 e. The molecule has 0 N–H and O–H groups in total. The van der Waals surface area contributed by atoms with Crippen LogP contribution in [0.5, 0.6) is 0 Å². The van der Waals surface area contributed by atoms with E-state index in [-0.39, 0.29) is 34.9 Å². The van der Waals surface area contributed by atoms with E-state index in [0.717, 1.165) is 59.5 Å². The third kappa shape index (κ3) is 39.4. The Morgan fingerprint density at radius 3 is 1.00 bits per heavy atom. The van der Waals surface area contributed by atoms with Crippen LogP contribution < -0.4 is 0 Å². The summed E-state index contributed by atoms with van der Waals surface area (Å²) in [4.78, 5) is 29.0. The molecule has 0 fully saturated rings. The van der Waals surface area contributed by atoms with Crippen LogP contribution >= 0.6 is 46.4 Å². The Kier molecular flexibility index (Phi) is 49.1. The molecule has 105 heavy (non-hydrogen) atoms. The van der Waals surface area contributed by atoms with Crippen LogP contribution in [0.15, 0.2) is 82.6 Å². The van der Waals surface area contributed by atoms with E-state index in [1.807, 2.05) is 38.4 Å². The number of nitrogens with zero attached hydrogens (tertiary/aromatic N) is 2. The van der Waals surface area contributed by atoms with Crippen molar-refractivity contribution < 1.29 is 97.5 Å². The molecule has 23 nitrogen and oxygen atoms in total. The van der Waals surface area contributed by atoms with Gasteiger partial charge in [0.15, 0.2) is 19.7 Å². The highest BCUT2D eigenvalue weighted by Crippen LogP contribution is 2.41. The lowest BCUT2D eigenvalue weighted by atomic mass is 9.85. The lowest BCUT2D eigenvalue weighted by Crippen LogP contribution is -2.31. The summed E-state index contributed by atoms with van der Waals surface area (Å²) in [5.41, 5.74) is 5.95. The molecule has 0 bridgehead atoms. The first-order valence-corrected chi connectivity index (χ1v) is 41.3. The van der Waals surface area contributed by atoms with Gasteiger partial charge in [-0.3, -0.25) is 9.59 Å². The highest BCUT2D eigenvalue weighted by atomic mass is 35.5. The Hall–Kier alpha value is -3.40. The minimum Gasteiger partial charge on any atom is -0.382 e. The number of ketones is 2. The summed E-state index contributed by atoms with van der Waals surface area (Å²) in [5, 5.41) is 2.39. The first-order chi connectivity index (χ1) is 50.9. The third-order valence-electron chi connectivity index (χ3n) is 16.7. The highest BCUT2D eigenvalue weighted by molar-refractivity contribution is 7.91. The van der Waals surface area contributed by atoms with Crippen LogP contribution in [0.25, 0.3) is 0 Å². The van der Waals surface area contributed by atoms with Crippen LogP contribution in [0.3, 0.4) is 0 Å². The molecule has 0 aromatic heterocycles. The predicted octanol–water partition coefficient (Wildman–Crippen LogP) is 11.2. The van der Waals surface area contributed by atoms with E-state index in [0.29, 0.717) is 279 Å². The second-order valence-corrected chi connectivity index (χ2v) is 31.2. The van der Waals surface area contributed by atoms with E-state index in [1.165, 1.54) is 0 Å². The summed E-state index contributed by atoms with van der Waals surface area (Å²) < 4.78 is 134. The van der Waals surface area contributed by atoms with Crippen molar-refractivity contribution in [2.24, 2.45) is 0 Å². The third-order valence-corrected chi connectivity index (χ3v) is 21.4. The molecular weight excluding hydrogens is 1480 g/mol. The molecule has 2 unspecified atom stereocenters. The molecule has 0 saturated carbocycles. The number of ether oxygens (including phenoxy) is 15. The molecule has 4 aromatic rings. The molecule has 0 aliphatic carbocycles. The van der Waals surface area contributed by atoms with Gasteiger partial charge in [0.05, 0.1) is 180 Å².